The number of nitrogens with one attached hydrogen (secondary N) is 2. The number of aromatic amines is 1. The van der Waals surface area contributed by atoms with Gasteiger partial charge >= 0.3 is 0 Å². The Kier molecular flexibility index (Phi) is 5.17. The van der Waals surface area contributed by atoms with E-state index in [2.05, 4.69) is 20.5 Å². The first-order chi connectivity index (χ1) is 12.5. The van der Waals surface area contributed by atoms with Gasteiger partial charge in [-0.1, -0.05) is 0 Å². The fourth-order valence-corrected chi connectivity index (χ4v) is 2.54. The van der Waals surface area contributed by atoms with Crippen LogP contribution in [0.15, 0.2) is 48.8 Å². The fraction of sp³-hybridized carbons (Fsp3) is 0.158. The van der Waals surface area contributed by atoms with Gasteiger partial charge in [0.25, 0.3) is 0 Å². The summed E-state index contributed by atoms with van der Waals surface area (Å²) in [6.45, 7) is 1.44. The summed E-state index contributed by atoms with van der Waals surface area (Å²) in [5, 5.41) is 9.84. The SMILES string of the molecule is CC(=O)CCC(=O)Nc1n[nH]c(-c2ccc(F)cc2)c1-c1ccncc1. The van der Waals surface area contributed by atoms with Crippen molar-refractivity contribution in [1.29, 1.82) is 0 Å². The molecule has 3 rings (SSSR count). The van der Waals surface area contributed by atoms with Crippen LogP contribution in [0.25, 0.3) is 22.4 Å². The molecule has 0 aliphatic rings. The molecule has 3 aromatic rings. The van der Waals surface area contributed by atoms with Crippen molar-refractivity contribution in [1.82, 2.24) is 15.2 Å². The molecule has 2 heterocycles. The molecular weight excluding hydrogens is 335 g/mol. The third kappa shape index (κ3) is 4.00. The lowest BCUT2D eigenvalue weighted by molar-refractivity contribution is -0.121. The highest BCUT2D eigenvalue weighted by Gasteiger charge is 2.18. The number of hydrogen-bond acceptors (Lipinski definition) is 4. The lowest BCUT2D eigenvalue weighted by Gasteiger charge is -2.08. The zero-order valence-corrected chi connectivity index (χ0v) is 14.1. The maximum absolute atomic E-state index is 13.2. The second-order valence-corrected chi connectivity index (χ2v) is 5.82. The molecule has 0 saturated heterocycles. The van der Waals surface area contributed by atoms with E-state index in [0.29, 0.717) is 17.1 Å². The molecule has 2 aromatic heterocycles. The molecule has 0 aliphatic carbocycles. The molecule has 132 valence electrons. The van der Waals surface area contributed by atoms with Crippen LogP contribution >= 0.6 is 0 Å². The molecule has 0 saturated carbocycles. The Balaban J connectivity index is 1.98. The number of aromatic nitrogens is 3. The van der Waals surface area contributed by atoms with Crippen LogP contribution in [0.2, 0.25) is 0 Å². The molecule has 0 aliphatic heterocycles. The van der Waals surface area contributed by atoms with Crippen molar-refractivity contribution in [3.63, 3.8) is 0 Å². The number of halogens is 1. The first-order valence-electron chi connectivity index (χ1n) is 8.08. The molecule has 0 atom stereocenters. The van der Waals surface area contributed by atoms with E-state index in [9.17, 15) is 14.0 Å². The van der Waals surface area contributed by atoms with E-state index in [1.54, 1.807) is 36.7 Å². The summed E-state index contributed by atoms with van der Waals surface area (Å²) < 4.78 is 13.2. The number of hydrogen-bond donors (Lipinski definition) is 2. The molecule has 2 N–H and O–H groups in total. The lowest BCUT2D eigenvalue weighted by atomic mass is 10.0. The largest absolute Gasteiger partial charge is 0.309 e. The molecule has 26 heavy (non-hydrogen) atoms. The number of ketones is 1. The van der Waals surface area contributed by atoms with Crippen LogP contribution in [0.5, 0.6) is 0 Å². The van der Waals surface area contributed by atoms with Crippen molar-refractivity contribution in [2.24, 2.45) is 0 Å². The van der Waals surface area contributed by atoms with Crippen molar-refractivity contribution in [2.75, 3.05) is 5.32 Å². The second-order valence-electron chi connectivity index (χ2n) is 5.82. The summed E-state index contributed by atoms with van der Waals surface area (Å²) >= 11 is 0. The molecular formula is C19H17FN4O2. The van der Waals surface area contributed by atoms with E-state index in [1.165, 1.54) is 19.1 Å². The van der Waals surface area contributed by atoms with Crippen molar-refractivity contribution in [3.05, 3.63) is 54.6 Å². The van der Waals surface area contributed by atoms with Gasteiger partial charge in [-0.2, -0.15) is 5.10 Å². The van der Waals surface area contributed by atoms with Gasteiger partial charge in [0.05, 0.1) is 11.3 Å². The molecule has 1 amide bonds. The van der Waals surface area contributed by atoms with Crippen LogP contribution in [-0.2, 0) is 9.59 Å². The maximum Gasteiger partial charge on any atom is 0.226 e. The molecule has 6 nitrogen and oxygen atoms in total. The summed E-state index contributed by atoms with van der Waals surface area (Å²) in [7, 11) is 0. The molecule has 7 heteroatoms. The van der Waals surface area contributed by atoms with Crippen LogP contribution in [0.4, 0.5) is 10.2 Å². The van der Waals surface area contributed by atoms with Crippen molar-refractivity contribution in [2.45, 2.75) is 19.8 Å². The number of anilines is 1. The minimum Gasteiger partial charge on any atom is -0.309 e. The van der Waals surface area contributed by atoms with Gasteiger partial charge in [0.1, 0.15) is 11.6 Å². The Morgan fingerprint density at radius 1 is 1.04 bits per heavy atom. The first kappa shape index (κ1) is 17.5. The van der Waals surface area contributed by atoms with E-state index in [1.807, 2.05) is 0 Å². The smallest absolute Gasteiger partial charge is 0.226 e. The van der Waals surface area contributed by atoms with E-state index < -0.39 is 0 Å². The second kappa shape index (κ2) is 7.69. The Bertz CT molecular complexity index is 920. The van der Waals surface area contributed by atoms with Gasteiger partial charge in [-0.15, -0.1) is 0 Å². The van der Waals surface area contributed by atoms with E-state index in [-0.39, 0.29) is 30.3 Å². The van der Waals surface area contributed by atoms with Crippen molar-refractivity contribution in [3.8, 4) is 22.4 Å². The van der Waals surface area contributed by atoms with E-state index >= 15 is 0 Å². The predicted molar refractivity (Wildman–Crippen MR) is 95.8 cm³/mol. The quantitative estimate of drug-likeness (QED) is 0.710. The molecule has 0 bridgehead atoms. The maximum atomic E-state index is 13.2. The van der Waals surface area contributed by atoms with Crippen molar-refractivity contribution >= 4 is 17.5 Å². The van der Waals surface area contributed by atoms with Crippen LogP contribution in [-0.4, -0.2) is 26.9 Å². The van der Waals surface area contributed by atoms with Gasteiger partial charge in [-0.05, 0) is 48.9 Å². The Morgan fingerprint density at radius 2 is 1.73 bits per heavy atom. The summed E-state index contributed by atoms with van der Waals surface area (Å²) in [5.74, 6) is -0.336. The summed E-state index contributed by atoms with van der Waals surface area (Å²) in [6, 6.07) is 9.57. The number of pyridine rings is 1. The third-order valence-corrected chi connectivity index (χ3v) is 3.83. The van der Waals surface area contributed by atoms with Gasteiger partial charge in [0.15, 0.2) is 5.82 Å². The zero-order chi connectivity index (χ0) is 18.5. The normalized spacial score (nSPS) is 10.5. The van der Waals surface area contributed by atoms with Crippen molar-refractivity contribution < 1.29 is 14.0 Å². The van der Waals surface area contributed by atoms with Gasteiger partial charge in [0, 0.05) is 30.8 Å². The molecule has 0 radical (unpaired) electrons. The number of benzene rings is 1. The predicted octanol–water partition coefficient (Wildman–Crippen LogP) is 3.59. The number of Topliss-reactive ketones (excluding diaryl/α,β-unsaturated/α-hetero) is 1. The summed E-state index contributed by atoms with van der Waals surface area (Å²) in [5.41, 5.74) is 2.86. The monoisotopic (exact) mass is 352 g/mol. The standard InChI is InChI=1S/C19H17FN4O2/c1-12(25)2-7-16(26)22-19-17(13-8-10-21-11-9-13)18(23-24-19)14-3-5-15(20)6-4-14/h3-6,8-11H,2,7H2,1H3,(H2,22,23,24,26). The Hall–Kier alpha value is -3.35. The van der Waals surface area contributed by atoms with Gasteiger partial charge in [0.2, 0.25) is 5.91 Å². The first-order valence-corrected chi connectivity index (χ1v) is 8.08. The molecule has 0 spiro atoms. The number of carbonyl (C=O) groups is 2. The average Bonchev–Trinajstić information content (AvgIpc) is 3.05. The number of rotatable bonds is 6. The Labute approximate surface area is 149 Å². The van der Waals surface area contributed by atoms with Gasteiger partial charge < -0.3 is 10.1 Å². The van der Waals surface area contributed by atoms with Gasteiger partial charge in [-0.3, -0.25) is 14.9 Å². The molecule has 0 unspecified atom stereocenters. The number of H-pyrrole nitrogens is 1. The average molecular weight is 352 g/mol. The van der Waals surface area contributed by atoms with Crippen LogP contribution < -0.4 is 5.32 Å². The number of nitrogens with zero attached hydrogens (tertiary/aromatic N) is 2. The topological polar surface area (TPSA) is 87.7 Å². The molecule has 0 fully saturated rings. The van der Waals surface area contributed by atoms with E-state index in [4.69, 9.17) is 0 Å². The van der Waals surface area contributed by atoms with Gasteiger partial charge in [-0.25, -0.2) is 4.39 Å². The minimum atomic E-state index is -0.337. The highest BCUT2D eigenvalue weighted by molar-refractivity contribution is 5.98. The van der Waals surface area contributed by atoms with E-state index in [0.717, 1.165) is 11.1 Å². The highest BCUT2D eigenvalue weighted by Crippen LogP contribution is 2.35. The van der Waals surface area contributed by atoms with Crippen LogP contribution in [0.3, 0.4) is 0 Å². The Morgan fingerprint density at radius 3 is 2.38 bits per heavy atom. The summed E-state index contributed by atoms with van der Waals surface area (Å²) in [6.07, 6.45) is 3.53. The number of carbonyl (C=O) groups excluding carboxylic acids is 2. The van der Waals surface area contributed by atoms with Crippen LogP contribution in [0, 0.1) is 5.82 Å². The summed E-state index contributed by atoms with van der Waals surface area (Å²) in [4.78, 5) is 27.2. The minimum absolute atomic E-state index is 0.0523. The molecule has 1 aromatic carbocycles. The number of amides is 1. The lowest BCUT2D eigenvalue weighted by Crippen LogP contribution is -2.13. The van der Waals surface area contributed by atoms with Crippen LogP contribution in [0.1, 0.15) is 19.8 Å². The highest BCUT2D eigenvalue weighted by atomic mass is 19.1. The zero-order valence-electron chi connectivity index (χ0n) is 14.1. The fourth-order valence-electron chi connectivity index (χ4n) is 2.54. The third-order valence-electron chi connectivity index (χ3n) is 3.83.